The molecular formula is C45H69N3O5S. The van der Waals surface area contributed by atoms with Crippen molar-refractivity contribution in [1.29, 1.82) is 0 Å². The Bertz CT molecular complexity index is 1710. The molecule has 1 aromatic carbocycles. The van der Waals surface area contributed by atoms with Gasteiger partial charge in [0.25, 0.3) is 0 Å². The lowest BCUT2D eigenvalue weighted by Crippen LogP contribution is -2.68. The quantitative estimate of drug-likeness (QED) is 0.286. The van der Waals surface area contributed by atoms with Crippen molar-refractivity contribution in [3.63, 3.8) is 0 Å². The van der Waals surface area contributed by atoms with Crippen LogP contribution in [0.15, 0.2) is 30.3 Å². The van der Waals surface area contributed by atoms with Crippen molar-refractivity contribution in [2.75, 3.05) is 64.0 Å². The van der Waals surface area contributed by atoms with E-state index in [0.717, 1.165) is 45.8 Å². The number of hydrogen-bond donors (Lipinski definition) is 2. The number of sulfone groups is 1. The highest BCUT2D eigenvalue weighted by molar-refractivity contribution is 7.91. The maximum Gasteiger partial charge on any atom is 0.335 e. The van der Waals surface area contributed by atoms with Crippen LogP contribution in [0.4, 0.5) is 0 Å². The van der Waals surface area contributed by atoms with Gasteiger partial charge in [0.05, 0.1) is 30.3 Å². The van der Waals surface area contributed by atoms with Crippen molar-refractivity contribution in [3.8, 4) is 0 Å². The van der Waals surface area contributed by atoms with Crippen LogP contribution in [0.5, 0.6) is 0 Å². The van der Waals surface area contributed by atoms with E-state index in [0.29, 0.717) is 65.8 Å². The molecule has 10 atom stereocenters. The predicted molar refractivity (Wildman–Crippen MR) is 216 cm³/mol. The number of carbonyl (C=O) groups is 1. The number of nitrogens with one attached hydrogen (secondary N) is 1. The Hall–Kier alpha value is -1.78. The Morgan fingerprint density at radius 2 is 1.59 bits per heavy atom. The molecule has 6 fully saturated rings. The molecule has 7 aliphatic rings. The second kappa shape index (κ2) is 14.0. The zero-order chi connectivity index (χ0) is 38.3. The Kier molecular flexibility index (Phi) is 10.1. The van der Waals surface area contributed by atoms with Gasteiger partial charge in [-0.1, -0.05) is 52.8 Å². The van der Waals surface area contributed by atoms with E-state index in [4.69, 9.17) is 4.74 Å². The number of benzene rings is 1. The van der Waals surface area contributed by atoms with Crippen LogP contribution in [0.2, 0.25) is 0 Å². The molecule has 2 heterocycles. The third kappa shape index (κ3) is 6.19. The second-order valence-corrected chi connectivity index (χ2v) is 22.6. The predicted octanol–water partition coefficient (Wildman–Crippen LogP) is 7.25. The number of morpholine rings is 1. The molecule has 8 rings (SSSR count). The van der Waals surface area contributed by atoms with Crippen molar-refractivity contribution >= 4 is 21.4 Å². The van der Waals surface area contributed by atoms with Crippen molar-refractivity contribution in [2.24, 2.45) is 51.2 Å². The Labute approximate surface area is 326 Å². The lowest BCUT2D eigenvalue weighted by molar-refractivity contribution is -0.222. The van der Waals surface area contributed by atoms with Gasteiger partial charge in [-0.3, -0.25) is 4.90 Å². The van der Waals surface area contributed by atoms with Gasteiger partial charge >= 0.3 is 5.97 Å². The van der Waals surface area contributed by atoms with Crippen molar-refractivity contribution < 1.29 is 23.1 Å². The van der Waals surface area contributed by atoms with E-state index in [9.17, 15) is 18.3 Å². The summed E-state index contributed by atoms with van der Waals surface area (Å²) in [6, 6.07) is 8.17. The molecule has 1 aromatic rings. The number of nitrogens with zero attached hydrogens (tertiary/aromatic N) is 2. The highest BCUT2D eigenvalue weighted by Crippen LogP contribution is 2.76. The maximum absolute atomic E-state index is 12.1. The Morgan fingerprint density at radius 1 is 0.889 bits per heavy atom. The summed E-state index contributed by atoms with van der Waals surface area (Å²) in [7, 11) is -2.87. The Balaban J connectivity index is 1.08. The summed E-state index contributed by atoms with van der Waals surface area (Å²) >= 11 is 0. The van der Waals surface area contributed by atoms with Gasteiger partial charge in [0, 0.05) is 50.8 Å². The number of fused-ring (bicyclic) bond motifs is 7. The van der Waals surface area contributed by atoms with Crippen LogP contribution >= 0.6 is 0 Å². The standard InChI is InChI=1S/C45H69N3O5S/c1-31(48-23-27-53-28-24-48)34-13-18-45(46-21-22-47-25-29-54(51,52)30-26-47)20-19-43(5)36(39(34)45)11-12-38-42(4)16-14-35(32-7-9-33(10-8-32)40(49)50)41(2,3)37(42)15-17-44(38,43)6/h7-10,14,31,34,36-39,46H,11-13,15-30H2,1-6H3,(H,49,50)/t31?,34-,36+,37-,38+,39+,42-,43+,44+,45-/m0/s1. The molecule has 54 heavy (non-hydrogen) atoms. The van der Waals surface area contributed by atoms with E-state index in [1.54, 1.807) is 12.1 Å². The molecule has 0 amide bonds. The molecule has 5 aliphatic carbocycles. The van der Waals surface area contributed by atoms with Crippen LogP contribution in [-0.2, 0) is 14.6 Å². The molecule has 0 bridgehead atoms. The van der Waals surface area contributed by atoms with Crippen LogP contribution in [0.25, 0.3) is 5.57 Å². The van der Waals surface area contributed by atoms with Crippen LogP contribution in [-0.4, -0.2) is 105 Å². The van der Waals surface area contributed by atoms with Gasteiger partial charge in [-0.25, -0.2) is 13.2 Å². The first-order chi connectivity index (χ1) is 25.5. The largest absolute Gasteiger partial charge is 0.478 e. The minimum atomic E-state index is -2.87. The van der Waals surface area contributed by atoms with Crippen molar-refractivity contribution in [1.82, 2.24) is 15.1 Å². The van der Waals surface area contributed by atoms with E-state index >= 15 is 0 Å². The molecule has 8 nitrogen and oxygen atoms in total. The molecule has 2 N–H and O–H groups in total. The van der Waals surface area contributed by atoms with Crippen LogP contribution < -0.4 is 5.32 Å². The Morgan fingerprint density at radius 3 is 2.28 bits per heavy atom. The van der Waals surface area contributed by atoms with Gasteiger partial charge in [-0.2, -0.15) is 0 Å². The van der Waals surface area contributed by atoms with E-state index in [-0.39, 0.29) is 27.2 Å². The number of ether oxygens (including phenoxy) is 1. The minimum Gasteiger partial charge on any atom is -0.478 e. The lowest BCUT2D eigenvalue weighted by Gasteiger charge is -2.72. The van der Waals surface area contributed by atoms with E-state index in [2.05, 4.69) is 62.7 Å². The molecule has 4 saturated carbocycles. The number of carboxylic acid groups (broad SMARTS) is 1. The van der Waals surface area contributed by atoms with Gasteiger partial charge in [0.1, 0.15) is 0 Å². The summed E-state index contributed by atoms with van der Waals surface area (Å²) < 4.78 is 30.1. The smallest absolute Gasteiger partial charge is 0.335 e. The number of hydrogen-bond acceptors (Lipinski definition) is 7. The summed E-state index contributed by atoms with van der Waals surface area (Å²) in [5, 5.41) is 13.8. The van der Waals surface area contributed by atoms with Crippen LogP contribution in [0.3, 0.4) is 0 Å². The van der Waals surface area contributed by atoms with Crippen molar-refractivity contribution in [2.45, 2.75) is 111 Å². The van der Waals surface area contributed by atoms with Crippen LogP contribution in [0.1, 0.15) is 115 Å². The molecule has 2 saturated heterocycles. The average Bonchev–Trinajstić information content (AvgIpc) is 3.52. The zero-order valence-corrected chi connectivity index (χ0v) is 35.0. The SMILES string of the molecule is CC([C@@H]1CC[C@]2(NCCN3CCS(=O)(=O)CC3)CC[C@]3(C)[C@H](CC[C@@H]4[C@@]5(C)CC=C(c6ccc(C(=O)O)cc6)C(C)(C)[C@@H]5CC[C@]43C)[C@@H]12)N1CCOCC1. The highest BCUT2D eigenvalue weighted by Gasteiger charge is 2.70. The molecule has 1 unspecified atom stereocenters. The number of allylic oxidation sites excluding steroid dienone is 2. The number of rotatable bonds is 8. The number of carboxylic acids is 1. The molecule has 2 aliphatic heterocycles. The van der Waals surface area contributed by atoms with Gasteiger partial charge in [0.15, 0.2) is 9.84 Å². The fourth-order valence-electron chi connectivity index (χ4n) is 15.1. The summed E-state index contributed by atoms with van der Waals surface area (Å²) in [5.74, 6) is 2.98. The minimum absolute atomic E-state index is 0.00510. The fourth-order valence-corrected chi connectivity index (χ4v) is 16.4. The summed E-state index contributed by atoms with van der Waals surface area (Å²) in [6.07, 6.45) is 13.9. The maximum atomic E-state index is 12.1. The summed E-state index contributed by atoms with van der Waals surface area (Å²) in [4.78, 5) is 16.7. The third-order valence-electron chi connectivity index (χ3n) is 18.1. The highest BCUT2D eigenvalue weighted by atomic mass is 32.2. The van der Waals surface area contributed by atoms with Gasteiger partial charge in [-0.15, -0.1) is 0 Å². The lowest BCUT2D eigenvalue weighted by atomic mass is 9.33. The normalized spacial score (nSPS) is 42.5. The summed E-state index contributed by atoms with van der Waals surface area (Å²) in [6.45, 7) is 22.6. The molecule has 300 valence electrons. The van der Waals surface area contributed by atoms with Gasteiger partial charge in [-0.05, 0) is 139 Å². The molecule has 9 heteroatoms. The van der Waals surface area contributed by atoms with Gasteiger partial charge in [0.2, 0.25) is 0 Å². The van der Waals surface area contributed by atoms with Crippen LogP contribution in [0, 0.1) is 51.2 Å². The number of aromatic carboxylic acids is 1. The van der Waals surface area contributed by atoms with Gasteiger partial charge < -0.3 is 20.1 Å². The topological polar surface area (TPSA) is 99.2 Å². The molecular weight excluding hydrogens is 695 g/mol. The monoisotopic (exact) mass is 763 g/mol. The van der Waals surface area contributed by atoms with Crippen molar-refractivity contribution in [3.05, 3.63) is 41.5 Å². The zero-order valence-electron chi connectivity index (χ0n) is 34.2. The second-order valence-electron chi connectivity index (χ2n) is 20.3. The first-order valence-electron chi connectivity index (χ1n) is 21.6. The fraction of sp³-hybridized carbons (Fsp3) is 0.800. The molecule has 0 radical (unpaired) electrons. The third-order valence-corrected chi connectivity index (χ3v) is 19.7. The first-order valence-corrected chi connectivity index (χ1v) is 23.4. The molecule has 0 aromatic heterocycles. The first kappa shape index (κ1) is 39.1. The summed E-state index contributed by atoms with van der Waals surface area (Å²) in [5.41, 5.74) is 3.86. The van der Waals surface area contributed by atoms with E-state index in [1.165, 1.54) is 62.5 Å². The van der Waals surface area contributed by atoms with E-state index in [1.807, 2.05) is 12.1 Å². The van der Waals surface area contributed by atoms with E-state index < -0.39 is 15.8 Å². The average molecular weight is 764 g/mol. The molecule has 0 spiro atoms.